The van der Waals surface area contributed by atoms with E-state index in [1.807, 2.05) is 0 Å². The molecule has 0 bridgehead atoms. The molecule has 35 heavy (non-hydrogen) atoms. The summed E-state index contributed by atoms with van der Waals surface area (Å²) in [6.07, 6.45) is 16.6. The highest BCUT2D eigenvalue weighted by molar-refractivity contribution is 6.09. The van der Waals surface area contributed by atoms with Crippen molar-refractivity contribution in [1.82, 2.24) is 0 Å². The molecule has 4 aliphatic rings. The maximum absolute atomic E-state index is 8.38. The Morgan fingerprint density at radius 3 is 2.60 bits per heavy atom. The molecule has 1 N–H and O–H groups in total. The lowest BCUT2D eigenvalue weighted by molar-refractivity contribution is -0.0432. The molecule has 4 aliphatic carbocycles. The van der Waals surface area contributed by atoms with E-state index in [0.29, 0.717) is 17.9 Å². The van der Waals surface area contributed by atoms with Crippen LogP contribution >= 0.6 is 0 Å². The predicted molar refractivity (Wildman–Crippen MR) is 149 cm³/mol. The van der Waals surface area contributed by atoms with Crippen LogP contribution in [0, 0.1) is 57.7 Å². The second-order valence-corrected chi connectivity index (χ2v) is 13.4. The quantitative estimate of drug-likeness (QED) is 0.200. The van der Waals surface area contributed by atoms with Gasteiger partial charge in [-0.1, -0.05) is 72.2 Å². The van der Waals surface area contributed by atoms with Gasteiger partial charge in [-0.25, -0.2) is 0 Å². The van der Waals surface area contributed by atoms with Crippen molar-refractivity contribution < 1.29 is 4.84 Å². The molecule has 0 amide bonds. The van der Waals surface area contributed by atoms with E-state index in [1.165, 1.54) is 50.5 Å². The fourth-order valence-corrected chi connectivity index (χ4v) is 9.35. The van der Waals surface area contributed by atoms with E-state index < -0.39 is 0 Å². The van der Waals surface area contributed by atoms with Crippen LogP contribution in [0.5, 0.6) is 0 Å². The summed E-state index contributed by atoms with van der Waals surface area (Å²) in [5, 5.41) is 13.1. The van der Waals surface area contributed by atoms with E-state index in [4.69, 9.17) is 10.2 Å². The number of allylic oxidation sites excluding steroid dienone is 2. The first-order valence-electron chi connectivity index (χ1n) is 14.7. The third-order valence-electron chi connectivity index (χ3n) is 11.4. The van der Waals surface area contributed by atoms with Crippen LogP contribution in [-0.2, 0) is 4.84 Å². The minimum Gasteiger partial charge on any atom is -0.391 e. The van der Waals surface area contributed by atoms with Crippen LogP contribution in [0.3, 0.4) is 0 Å². The number of nitrogens with one attached hydrogen (secondary N) is 1. The van der Waals surface area contributed by atoms with Crippen molar-refractivity contribution in [3.8, 4) is 0 Å². The Labute approximate surface area is 215 Å². The molecule has 3 nitrogen and oxygen atoms in total. The Hall–Kier alpha value is -1.38. The molecule has 1 unspecified atom stereocenters. The van der Waals surface area contributed by atoms with Gasteiger partial charge >= 0.3 is 0 Å². The van der Waals surface area contributed by atoms with E-state index in [0.717, 1.165) is 66.2 Å². The third kappa shape index (κ3) is 4.82. The van der Waals surface area contributed by atoms with E-state index in [1.54, 1.807) is 6.08 Å². The van der Waals surface area contributed by atoms with Crippen molar-refractivity contribution in [3.05, 3.63) is 24.3 Å². The zero-order valence-electron chi connectivity index (χ0n) is 23.5. The summed E-state index contributed by atoms with van der Waals surface area (Å²) < 4.78 is 0. The maximum atomic E-state index is 8.38. The van der Waals surface area contributed by atoms with E-state index in [-0.39, 0.29) is 5.41 Å². The molecule has 0 aliphatic heterocycles. The minimum atomic E-state index is 0.139. The topological polar surface area (TPSA) is 45.4 Å². The molecule has 4 rings (SSSR count). The number of rotatable bonds is 9. The summed E-state index contributed by atoms with van der Waals surface area (Å²) in [7, 11) is 0. The lowest BCUT2D eigenvalue weighted by Crippen LogP contribution is -2.53. The summed E-state index contributed by atoms with van der Waals surface area (Å²) in [4.78, 5) is 5.67. The van der Waals surface area contributed by atoms with Gasteiger partial charge in [-0.15, -0.1) is 0 Å². The molecule has 196 valence electrons. The summed E-state index contributed by atoms with van der Waals surface area (Å²) in [5.74, 6) is 5.58. The lowest BCUT2D eigenvalue weighted by Gasteiger charge is -2.58. The smallest absolute Gasteiger partial charge is 0.135 e. The molecule has 0 aromatic rings. The van der Waals surface area contributed by atoms with E-state index in [9.17, 15) is 0 Å². The SMILES string of the molecule is C=CCO/N=C1\C[C@@H]2[C@H](CC[C@]3(C)C([C@H](C)CC[C@@H](CC)C(C)C)CC[C@@H]23)[C@@]2(C)CCC(=N)C=C12. The molecule has 0 aromatic heterocycles. The van der Waals surface area contributed by atoms with Crippen molar-refractivity contribution in [3.63, 3.8) is 0 Å². The van der Waals surface area contributed by atoms with Gasteiger partial charge in [0.1, 0.15) is 6.61 Å². The van der Waals surface area contributed by atoms with Gasteiger partial charge in [0.25, 0.3) is 0 Å². The van der Waals surface area contributed by atoms with Crippen LogP contribution in [0.2, 0.25) is 0 Å². The van der Waals surface area contributed by atoms with Gasteiger partial charge in [0.05, 0.1) is 5.71 Å². The molecule has 0 spiro atoms. The van der Waals surface area contributed by atoms with E-state index >= 15 is 0 Å². The highest BCUT2D eigenvalue weighted by Gasteiger charge is 2.60. The van der Waals surface area contributed by atoms with Gasteiger partial charge < -0.3 is 10.2 Å². The lowest BCUT2D eigenvalue weighted by atomic mass is 9.46. The van der Waals surface area contributed by atoms with Crippen LogP contribution in [0.1, 0.15) is 106 Å². The predicted octanol–water partition coefficient (Wildman–Crippen LogP) is 8.85. The fourth-order valence-electron chi connectivity index (χ4n) is 9.35. The van der Waals surface area contributed by atoms with Gasteiger partial charge in [-0.2, -0.15) is 0 Å². The number of hydrogen-bond acceptors (Lipinski definition) is 3. The third-order valence-corrected chi connectivity index (χ3v) is 11.4. The van der Waals surface area contributed by atoms with Crippen molar-refractivity contribution in [2.75, 3.05) is 6.61 Å². The maximum Gasteiger partial charge on any atom is 0.135 e. The van der Waals surface area contributed by atoms with Crippen LogP contribution < -0.4 is 0 Å². The second kappa shape index (κ2) is 10.5. The Kier molecular flexibility index (Phi) is 8.04. The molecule has 0 heterocycles. The summed E-state index contributed by atoms with van der Waals surface area (Å²) in [6, 6.07) is 0. The van der Waals surface area contributed by atoms with Crippen molar-refractivity contribution in [1.29, 1.82) is 5.41 Å². The Bertz CT molecular complexity index is 856. The zero-order valence-corrected chi connectivity index (χ0v) is 23.5. The van der Waals surface area contributed by atoms with Crippen molar-refractivity contribution in [2.45, 2.75) is 106 Å². The van der Waals surface area contributed by atoms with Gasteiger partial charge in [-0.3, -0.25) is 0 Å². The minimum absolute atomic E-state index is 0.139. The largest absolute Gasteiger partial charge is 0.391 e. The van der Waals surface area contributed by atoms with Crippen LogP contribution in [-0.4, -0.2) is 18.0 Å². The molecule has 0 saturated heterocycles. The molecule has 3 fully saturated rings. The average molecular weight is 481 g/mol. The number of fused-ring (bicyclic) bond motifs is 5. The molecule has 0 radical (unpaired) electrons. The van der Waals surface area contributed by atoms with Crippen molar-refractivity contribution >= 4 is 11.4 Å². The molecular formula is C32H52N2O. The van der Waals surface area contributed by atoms with Gasteiger partial charge in [0, 0.05) is 5.71 Å². The monoisotopic (exact) mass is 480 g/mol. The first kappa shape index (κ1) is 26.7. The molecule has 8 atom stereocenters. The first-order valence-corrected chi connectivity index (χ1v) is 14.7. The Morgan fingerprint density at radius 2 is 1.91 bits per heavy atom. The standard InChI is InChI=1S/C32H52N2O/c1-8-18-35-34-30-20-25-27-13-12-26(22(5)10-11-23(9-2)21(3)4)31(27,6)17-15-28(25)32(7)16-14-24(33)19-29(30)32/h8,19,21-23,25-28,33H,1,9-18,20H2,2-7H3/b33-24?,34-30+/t22-,23-,25+,26?,27+,28+,31-,32-/m1/s1. The van der Waals surface area contributed by atoms with Crippen LogP contribution in [0.15, 0.2) is 29.5 Å². The fraction of sp³-hybridized carbons (Fsp3) is 0.812. The van der Waals surface area contributed by atoms with Crippen LogP contribution in [0.4, 0.5) is 0 Å². The summed E-state index contributed by atoms with van der Waals surface area (Å²) in [6.45, 7) is 19.2. The highest BCUT2D eigenvalue weighted by Crippen LogP contribution is 2.67. The van der Waals surface area contributed by atoms with Gasteiger partial charge in [0.2, 0.25) is 0 Å². The Balaban J connectivity index is 1.57. The normalized spacial score (nSPS) is 39.5. The average Bonchev–Trinajstić information content (AvgIpc) is 3.17. The summed E-state index contributed by atoms with van der Waals surface area (Å²) >= 11 is 0. The highest BCUT2D eigenvalue weighted by atomic mass is 16.6. The number of nitrogens with zero attached hydrogens (tertiary/aromatic N) is 1. The van der Waals surface area contributed by atoms with Crippen molar-refractivity contribution in [2.24, 2.45) is 57.4 Å². The molecule has 0 aromatic carbocycles. The second-order valence-electron chi connectivity index (χ2n) is 13.4. The molecule has 3 saturated carbocycles. The first-order chi connectivity index (χ1) is 16.7. The van der Waals surface area contributed by atoms with E-state index in [2.05, 4.69) is 59.4 Å². The zero-order chi connectivity index (χ0) is 25.4. The Morgan fingerprint density at radius 1 is 1.14 bits per heavy atom. The molecular weight excluding hydrogens is 428 g/mol. The molecule has 3 heteroatoms. The number of oxime groups is 1. The van der Waals surface area contributed by atoms with Gasteiger partial charge in [-0.05, 0) is 115 Å². The summed E-state index contributed by atoms with van der Waals surface area (Å²) in [5.41, 5.74) is 3.80. The van der Waals surface area contributed by atoms with Crippen LogP contribution in [0.25, 0.3) is 0 Å². The number of hydrogen-bond donors (Lipinski definition) is 1. The van der Waals surface area contributed by atoms with Gasteiger partial charge in [0.15, 0.2) is 0 Å².